The molecule has 0 amide bonds. The van der Waals surface area contributed by atoms with Crippen LogP contribution in [-0.4, -0.2) is 19.7 Å². The molecule has 2 N–H and O–H groups in total. The lowest BCUT2D eigenvalue weighted by molar-refractivity contribution is 0.717. The van der Waals surface area contributed by atoms with E-state index in [1.165, 1.54) is 12.8 Å². The Labute approximate surface area is 93.3 Å². The minimum absolute atomic E-state index is 0.553. The Balaban J connectivity index is 2.16. The zero-order valence-electron chi connectivity index (χ0n) is 9.09. The molecular formula is C11H13N5. The molecule has 5 nitrogen and oxygen atoms in total. The molecule has 16 heavy (non-hydrogen) atoms. The molecule has 2 aromatic heterocycles. The number of rotatable bonds is 2. The van der Waals surface area contributed by atoms with Gasteiger partial charge in [0.15, 0.2) is 5.82 Å². The Kier molecular flexibility index (Phi) is 1.92. The normalized spacial score (nSPS) is 15.3. The van der Waals surface area contributed by atoms with Crippen LogP contribution >= 0.6 is 0 Å². The van der Waals surface area contributed by atoms with Crippen molar-refractivity contribution < 1.29 is 0 Å². The quantitative estimate of drug-likeness (QED) is 0.825. The minimum Gasteiger partial charge on any atom is -0.397 e. The molecule has 0 unspecified atom stereocenters. The highest BCUT2D eigenvalue weighted by Gasteiger charge is 2.29. The summed E-state index contributed by atoms with van der Waals surface area (Å²) in [5.74, 6) is 1.81. The minimum atomic E-state index is 0.553. The van der Waals surface area contributed by atoms with Gasteiger partial charge in [0, 0.05) is 17.8 Å². The van der Waals surface area contributed by atoms with E-state index in [0.717, 1.165) is 17.2 Å². The van der Waals surface area contributed by atoms with Gasteiger partial charge in [0.25, 0.3) is 0 Å². The van der Waals surface area contributed by atoms with Crippen LogP contribution in [0.15, 0.2) is 18.5 Å². The molecule has 1 saturated carbocycles. The Bertz CT molecular complexity index is 527. The van der Waals surface area contributed by atoms with Gasteiger partial charge in [-0.05, 0) is 25.8 Å². The monoisotopic (exact) mass is 215 g/mol. The fourth-order valence-electron chi connectivity index (χ4n) is 1.93. The molecule has 5 heteroatoms. The third-order valence-corrected chi connectivity index (χ3v) is 2.87. The second kappa shape index (κ2) is 3.30. The van der Waals surface area contributed by atoms with Gasteiger partial charge >= 0.3 is 0 Å². The third kappa shape index (κ3) is 1.36. The van der Waals surface area contributed by atoms with Crippen LogP contribution < -0.4 is 5.73 Å². The zero-order chi connectivity index (χ0) is 11.1. The number of aryl methyl sites for hydroxylation is 1. The van der Waals surface area contributed by atoms with Crippen LogP contribution in [0.4, 0.5) is 5.69 Å². The summed E-state index contributed by atoms with van der Waals surface area (Å²) >= 11 is 0. The smallest absolute Gasteiger partial charge is 0.166 e. The molecule has 0 saturated heterocycles. The topological polar surface area (TPSA) is 69.6 Å². The summed E-state index contributed by atoms with van der Waals surface area (Å²) in [7, 11) is 0. The van der Waals surface area contributed by atoms with Crippen molar-refractivity contribution in [2.75, 3.05) is 5.73 Å². The first-order valence-corrected chi connectivity index (χ1v) is 5.38. The van der Waals surface area contributed by atoms with E-state index in [1.54, 1.807) is 12.4 Å². The van der Waals surface area contributed by atoms with Crippen LogP contribution in [0.1, 0.15) is 24.7 Å². The lowest BCUT2D eigenvalue weighted by atomic mass is 10.2. The fourth-order valence-corrected chi connectivity index (χ4v) is 1.93. The SMILES string of the molecule is Cc1nnc(-c2ccncc2N)n1C1CC1. The van der Waals surface area contributed by atoms with E-state index in [-0.39, 0.29) is 0 Å². The van der Waals surface area contributed by atoms with Gasteiger partial charge in [0.05, 0.1) is 11.9 Å². The molecule has 0 radical (unpaired) electrons. The number of nitrogens with two attached hydrogens (primary N) is 1. The maximum Gasteiger partial charge on any atom is 0.166 e. The van der Waals surface area contributed by atoms with E-state index in [4.69, 9.17) is 5.73 Å². The maximum absolute atomic E-state index is 5.91. The number of hydrogen-bond donors (Lipinski definition) is 1. The molecular weight excluding hydrogens is 202 g/mol. The van der Waals surface area contributed by atoms with Crippen molar-refractivity contribution in [1.29, 1.82) is 0 Å². The molecule has 2 aromatic rings. The second-order valence-electron chi connectivity index (χ2n) is 4.13. The maximum atomic E-state index is 5.91. The van der Waals surface area contributed by atoms with E-state index in [1.807, 2.05) is 13.0 Å². The van der Waals surface area contributed by atoms with Crippen molar-refractivity contribution in [3.05, 3.63) is 24.3 Å². The van der Waals surface area contributed by atoms with E-state index in [2.05, 4.69) is 19.7 Å². The molecule has 1 aliphatic rings. The van der Waals surface area contributed by atoms with E-state index in [0.29, 0.717) is 11.7 Å². The van der Waals surface area contributed by atoms with Crippen molar-refractivity contribution >= 4 is 5.69 Å². The Morgan fingerprint density at radius 3 is 2.88 bits per heavy atom. The van der Waals surface area contributed by atoms with Crippen LogP contribution in [-0.2, 0) is 0 Å². The van der Waals surface area contributed by atoms with Crippen molar-refractivity contribution in [3.63, 3.8) is 0 Å². The molecule has 0 atom stereocenters. The highest BCUT2D eigenvalue weighted by Crippen LogP contribution is 2.39. The van der Waals surface area contributed by atoms with Gasteiger partial charge in [-0.15, -0.1) is 10.2 Å². The average molecular weight is 215 g/mol. The predicted molar refractivity (Wildman–Crippen MR) is 60.7 cm³/mol. The lowest BCUT2D eigenvalue weighted by Crippen LogP contribution is -2.02. The van der Waals surface area contributed by atoms with Gasteiger partial charge in [0.1, 0.15) is 5.82 Å². The molecule has 2 heterocycles. The van der Waals surface area contributed by atoms with Gasteiger partial charge in [-0.1, -0.05) is 0 Å². The van der Waals surface area contributed by atoms with Crippen LogP contribution in [0.2, 0.25) is 0 Å². The van der Waals surface area contributed by atoms with Crippen molar-refractivity contribution in [2.45, 2.75) is 25.8 Å². The van der Waals surface area contributed by atoms with Crippen molar-refractivity contribution in [2.24, 2.45) is 0 Å². The summed E-state index contributed by atoms with van der Waals surface area (Å²) < 4.78 is 2.17. The number of hydrogen-bond acceptors (Lipinski definition) is 4. The van der Waals surface area contributed by atoms with E-state index < -0.39 is 0 Å². The first-order valence-electron chi connectivity index (χ1n) is 5.38. The molecule has 0 aliphatic heterocycles. The van der Waals surface area contributed by atoms with Gasteiger partial charge in [-0.3, -0.25) is 4.98 Å². The molecule has 1 fully saturated rings. The Morgan fingerprint density at radius 2 is 2.19 bits per heavy atom. The first kappa shape index (κ1) is 9.33. The molecule has 82 valence electrons. The molecule has 0 aromatic carbocycles. The average Bonchev–Trinajstić information content (AvgIpc) is 3.04. The summed E-state index contributed by atoms with van der Waals surface area (Å²) in [4.78, 5) is 3.98. The van der Waals surface area contributed by atoms with Crippen LogP contribution in [0, 0.1) is 6.92 Å². The predicted octanol–water partition coefficient (Wildman–Crippen LogP) is 1.57. The summed E-state index contributed by atoms with van der Waals surface area (Å²) in [6.07, 6.45) is 5.79. The highest BCUT2D eigenvalue weighted by molar-refractivity contribution is 5.70. The third-order valence-electron chi connectivity index (χ3n) is 2.87. The summed E-state index contributed by atoms with van der Waals surface area (Å²) in [6, 6.07) is 2.44. The standard InChI is InChI=1S/C11H13N5/c1-7-14-15-11(16(7)8-2-3-8)9-4-5-13-6-10(9)12/h4-6,8H,2-3,12H2,1H3. The van der Waals surface area contributed by atoms with Gasteiger partial charge < -0.3 is 10.3 Å². The zero-order valence-corrected chi connectivity index (χ0v) is 9.09. The van der Waals surface area contributed by atoms with E-state index in [9.17, 15) is 0 Å². The number of pyridine rings is 1. The summed E-state index contributed by atoms with van der Waals surface area (Å²) in [5.41, 5.74) is 7.48. The van der Waals surface area contributed by atoms with Gasteiger partial charge in [0.2, 0.25) is 0 Å². The van der Waals surface area contributed by atoms with Crippen molar-refractivity contribution in [3.8, 4) is 11.4 Å². The van der Waals surface area contributed by atoms with Gasteiger partial charge in [-0.25, -0.2) is 0 Å². The largest absolute Gasteiger partial charge is 0.397 e. The fraction of sp³-hybridized carbons (Fsp3) is 0.364. The number of anilines is 1. The summed E-state index contributed by atoms with van der Waals surface area (Å²) in [5, 5.41) is 8.35. The first-order chi connectivity index (χ1) is 7.77. The lowest BCUT2D eigenvalue weighted by Gasteiger charge is -2.08. The number of nitrogen functional groups attached to an aromatic ring is 1. The molecule has 3 rings (SSSR count). The van der Waals surface area contributed by atoms with Crippen LogP contribution in [0.25, 0.3) is 11.4 Å². The number of aromatic nitrogens is 4. The number of nitrogens with zero attached hydrogens (tertiary/aromatic N) is 4. The van der Waals surface area contributed by atoms with Crippen LogP contribution in [0.5, 0.6) is 0 Å². The highest BCUT2D eigenvalue weighted by atomic mass is 15.3. The second-order valence-corrected chi connectivity index (χ2v) is 4.13. The Morgan fingerprint density at radius 1 is 1.38 bits per heavy atom. The van der Waals surface area contributed by atoms with Gasteiger partial charge in [-0.2, -0.15) is 0 Å². The van der Waals surface area contributed by atoms with Crippen molar-refractivity contribution in [1.82, 2.24) is 19.7 Å². The molecule has 0 spiro atoms. The molecule has 1 aliphatic carbocycles. The Hall–Kier alpha value is -1.91. The molecule has 0 bridgehead atoms. The van der Waals surface area contributed by atoms with E-state index >= 15 is 0 Å². The van der Waals surface area contributed by atoms with Crippen LogP contribution in [0.3, 0.4) is 0 Å². The summed E-state index contributed by atoms with van der Waals surface area (Å²) in [6.45, 7) is 1.98.